The van der Waals surface area contributed by atoms with Gasteiger partial charge in [0.25, 0.3) is 0 Å². The number of carbonyl (C=O) groups is 2. The van der Waals surface area contributed by atoms with Gasteiger partial charge < -0.3 is 0 Å². The van der Waals surface area contributed by atoms with Crippen LogP contribution in [-0.4, -0.2) is 53.0 Å². The Bertz CT molecular complexity index is 864. The van der Waals surface area contributed by atoms with E-state index in [0.717, 1.165) is 0 Å². The van der Waals surface area contributed by atoms with Crippen LogP contribution in [0.3, 0.4) is 0 Å². The molecule has 6 heteroatoms. The van der Waals surface area contributed by atoms with E-state index in [4.69, 9.17) is 4.74 Å². The Labute approximate surface area is 228 Å². The van der Waals surface area contributed by atoms with Gasteiger partial charge in [-0.3, -0.25) is 0 Å². The van der Waals surface area contributed by atoms with Crippen molar-refractivity contribution in [2.45, 2.75) is 123 Å². The molecule has 0 aromatic carbocycles. The van der Waals surface area contributed by atoms with Crippen LogP contribution >= 0.6 is 0 Å². The molecule has 2 aliphatic carbocycles. The van der Waals surface area contributed by atoms with E-state index < -0.39 is 36.2 Å². The number of rotatable bonds is 15. The first-order valence-corrected chi connectivity index (χ1v) is 22.6. The standard InChI is InChI=1S/C19H22NO4.3C4H9.Sn/c1-2-19(23)15(12-14(21)17-18(19)24-17)20-16(22)11-7-6-10-13-8-4-3-5-9-13;3*1-3-4-2;/h1-2,6-7,10-13,17-18,23H,3-5,8-9H2,(H,20,22);3*1,3-4H2,2H3;/b2-1?,10-6+,11-7+;;;;/t17-,18-,19+;;;;/m1..../s1. The molecule has 0 aromatic heterocycles. The maximum atomic E-state index is 12.8. The van der Waals surface area contributed by atoms with Gasteiger partial charge in [-0.25, -0.2) is 0 Å². The Hall–Kier alpha value is -1.18. The van der Waals surface area contributed by atoms with E-state index in [9.17, 15) is 14.7 Å². The summed E-state index contributed by atoms with van der Waals surface area (Å²) in [6.07, 6.45) is 23.0. The molecule has 2 N–H and O–H groups in total. The van der Waals surface area contributed by atoms with Gasteiger partial charge in [0, 0.05) is 0 Å². The second kappa shape index (κ2) is 14.8. The van der Waals surface area contributed by atoms with Crippen LogP contribution in [0.1, 0.15) is 91.4 Å². The fourth-order valence-corrected chi connectivity index (χ4v) is 20.2. The number of unbranched alkanes of at least 4 members (excludes halogenated alkanes) is 3. The minimum atomic E-state index is -2.68. The molecule has 1 aliphatic heterocycles. The van der Waals surface area contributed by atoms with Gasteiger partial charge in [-0.2, -0.15) is 0 Å². The third kappa shape index (κ3) is 8.66. The Morgan fingerprint density at radius 2 is 1.68 bits per heavy atom. The fraction of sp³-hybridized carbons (Fsp3) is 0.677. The summed E-state index contributed by atoms with van der Waals surface area (Å²) in [6.45, 7) is 6.74. The van der Waals surface area contributed by atoms with E-state index in [1.54, 1.807) is 6.08 Å². The van der Waals surface area contributed by atoms with E-state index in [-0.39, 0.29) is 17.4 Å². The average Bonchev–Trinajstić information content (AvgIpc) is 3.72. The van der Waals surface area contributed by atoms with Crippen LogP contribution in [0.15, 0.2) is 46.2 Å². The van der Waals surface area contributed by atoms with Crippen LogP contribution in [0.25, 0.3) is 0 Å². The van der Waals surface area contributed by atoms with Crippen molar-refractivity contribution >= 4 is 30.1 Å². The summed E-state index contributed by atoms with van der Waals surface area (Å²) >= 11 is -2.68. The summed E-state index contributed by atoms with van der Waals surface area (Å²) in [5.41, 5.74) is -1.22. The first kappa shape index (κ1) is 30.4. The molecule has 1 amide bonds. The molecule has 0 aromatic rings. The monoisotopic (exact) mass is 619 g/mol. The predicted molar refractivity (Wildman–Crippen MR) is 154 cm³/mol. The molecule has 2 fully saturated rings. The van der Waals surface area contributed by atoms with Gasteiger partial charge in [0.2, 0.25) is 0 Å². The molecule has 0 bridgehead atoms. The first-order chi connectivity index (χ1) is 17.9. The molecule has 0 unspecified atom stereocenters. The van der Waals surface area contributed by atoms with Gasteiger partial charge in [-0.05, 0) is 0 Å². The van der Waals surface area contributed by atoms with Crippen molar-refractivity contribution in [1.29, 1.82) is 0 Å². The molecule has 206 valence electrons. The maximum absolute atomic E-state index is 12.8. The number of ether oxygens (including phenoxy) is 1. The number of hydrogen-bond donors (Lipinski definition) is 2. The first-order valence-electron chi connectivity index (χ1n) is 14.9. The summed E-state index contributed by atoms with van der Waals surface area (Å²) < 4.78 is 11.9. The van der Waals surface area contributed by atoms with Gasteiger partial charge >= 0.3 is 210 Å². The summed E-state index contributed by atoms with van der Waals surface area (Å²) in [5.74, 6) is 0.0762. The van der Waals surface area contributed by atoms with Crippen molar-refractivity contribution in [3.05, 3.63) is 46.2 Å². The molecular weight excluding hydrogens is 569 g/mol. The Morgan fingerprint density at radius 1 is 1.05 bits per heavy atom. The summed E-state index contributed by atoms with van der Waals surface area (Å²) in [5, 5.41) is 14.7. The van der Waals surface area contributed by atoms with Crippen LogP contribution in [0.2, 0.25) is 13.3 Å². The minimum absolute atomic E-state index is 0.183. The van der Waals surface area contributed by atoms with Gasteiger partial charge in [0.15, 0.2) is 0 Å². The van der Waals surface area contributed by atoms with E-state index >= 15 is 0 Å². The van der Waals surface area contributed by atoms with Crippen molar-refractivity contribution < 1.29 is 19.4 Å². The normalized spacial score (nSPS) is 26.7. The predicted octanol–water partition coefficient (Wildman–Crippen LogP) is 6.70. The molecule has 0 radical (unpaired) electrons. The molecule has 5 nitrogen and oxygen atoms in total. The molecular formula is C31H49NO4Sn. The van der Waals surface area contributed by atoms with Gasteiger partial charge in [-0.1, -0.05) is 19.3 Å². The van der Waals surface area contributed by atoms with Gasteiger partial charge in [0.1, 0.15) is 0 Å². The zero-order valence-corrected chi connectivity index (χ0v) is 26.2. The third-order valence-electron chi connectivity index (χ3n) is 8.35. The SMILES string of the molecule is CCC[CH2][Sn](/[CH]=C/[C@]1(O)C(NC(=O)/C=C/C=C/C2CCCCC2)=CC(=O)[C@H]2O[C@H]21)([CH2]CCC)[CH2]CCC. The van der Waals surface area contributed by atoms with Crippen molar-refractivity contribution in [2.24, 2.45) is 5.92 Å². The van der Waals surface area contributed by atoms with Crippen molar-refractivity contribution in [2.75, 3.05) is 0 Å². The number of hydrogen-bond acceptors (Lipinski definition) is 4. The van der Waals surface area contributed by atoms with Crippen molar-refractivity contribution in [1.82, 2.24) is 5.32 Å². The second-order valence-corrected chi connectivity index (χ2v) is 24.4. The van der Waals surface area contributed by atoms with Gasteiger partial charge in [0.05, 0.1) is 0 Å². The molecule has 3 atom stereocenters. The molecule has 0 spiro atoms. The summed E-state index contributed by atoms with van der Waals surface area (Å²) in [7, 11) is 0. The average molecular weight is 618 g/mol. The molecule has 1 saturated carbocycles. The quantitative estimate of drug-likeness (QED) is 0.0927. The number of allylic oxidation sites excluding steroid dienone is 3. The molecule has 37 heavy (non-hydrogen) atoms. The van der Waals surface area contributed by atoms with E-state index in [0.29, 0.717) is 5.92 Å². The molecule has 1 saturated heterocycles. The summed E-state index contributed by atoms with van der Waals surface area (Å²) in [6, 6.07) is 0. The molecule has 3 rings (SSSR count). The van der Waals surface area contributed by atoms with Crippen LogP contribution in [0.5, 0.6) is 0 Å². The number of aliphatic hydroxyl groups is 1. The Morgan fingerprint density at radius 3 is 2.27 bits per heavy atom. The second-order valence-electron chi connectivity index (χ2n) is 11.4. The number of carbonyl (C=O) groups excluding carboxylic acids is 2. The van der Waals surface area contributed by atoms with Crippen LogP contribution in [0.4, 0.5) is 0 Å². The van der Waals surface area contributed by atoms with E-state index in [2.05, 4.69) is 36.3 Å². The molecule has 3 aliphatic rings. The van der Waals surface area contributed by atoms with Crippen LogP contribution < -0.4 is 5.32 Å². The topological polar surface area (TPSA) is 78.9 Å². The Kier molecular flexibility index (Phi) is 12.2. The van der Waals surface area contributed by atoms with E-state index in [1.165, 1.54) is 96.1 Å². The Balaban J connectivity index is 1.76. The number of amides is 1. The van der Waals surface area contributed by atoms with Crippen LogP contribution in [-0.2, 0) is 14.3 Å². The zero-order chi connectivity index (χ0) is 26.7. The number of fused-ring (bicyclic) bond motifs is 1. The number of epoxide rings is 1. The van der Waals surface area contributed by atoms with Gasteiger partial charge in [-0.15, -0.1) is 0 Å². The summed E-state index contributed by atoms with van der Waals surface area (Å²) in [4.78, 5) is 25.2. The fourth-order valence-electron chi connectivity index (χ4n) is 5.86. The third-order valence-corrected chi connectivity index (χ3v) is 22.4. The van der Waals surface area contributed by atoms with Crippen LogP contribution in [0, 0.1) is 5.92 Å². The number of nitrogens with one attached hydrogen (secondary N) is 1. The van der Waals surface area contributed by atoms with Crippen molar-refractivity contribution in [3.63, 3.8) is 0 Å². The zero-order valence-electron chi connectivity index (χ0n) is 23.3. The number of ketones is 1. The van der Waals surface area contributed by atoms with Crippen molar-refractivity contribution in [3.8, 4) is 0 Å². The van der Waals surface area contributed by atoms with E-state index in [1.807, 2.05) is 12.2 Å². The molecule has 1 heterocycles.